The van der Waals surface area contributed by atoms with Gasteiger partial charge in [0.25, 0.3) is 0 Å². The minimum Gasteiger partial charge on any atom is -0.490 e. The van der Waals surface area contributed by atoms with Gasteiger partial charge in [-0.15, -0.1) is 0 Å². The molecule has 0 fully saturated rings. The van der Waals surface area contributed by atoms with E-state index in [0.29, 0.717) is 6.10 Å². The van der Waals surface area contributed by atoms with E-state index in [1.807, 2.05) is 6.07 Å². The summed E-state index contributed by atoms with van der Waals surface area (Å²) < 4.78 is 5.89. The van der Waals surface area contributed by atoms with Crippen molar-refractivity contribution in [2.75, 3.05) is 0 Å². The molecule has 1 heteroatoms. The van der Waals surface area contributed by atoms with E-state index in [9.17, 15) is 0 Å². The SMILES string of the molecule is C.CCCCc1ccccc1O[C@H](C)CC. The highest BCUT2D eigenvalue weighted by atomic mass is 16.5. The molecule has 1 rings (SSSR count). The fourth-order valence-corrected chi connectivity index (χ4v) is 1.49. The van der Waals surface area contributed by atoms with E-state index in [1.165, 1.54) is 18.4 Å². The number of aryl methyl sites for hydroxylation is 1. The molecule has 0 radical (unpaired) electrons. The zero-order valence-electron chi connectivity index (χ0n) is 10.1. The second-order valence-electron chi connectivity index (χ2n) is 4.05. The van der Waals surface area contributed by atoms with E-state index < -0.39 is 0 Å². The quantitative estimate of drug-likeness (QED) is 0.669. The summed E-state index contributed by atoms with van der Waals surface area (Å²) in [6, 6.07) is 8.39. The average Bonchev–Trinajstić information content (AvgIpc) is 2.28. The molecule has 16 heavy (non-hydrogen) atoms. The average molecular weight is 222 g/mol. The minimum absolute atomic E-state index is 0. The number of hydrogen-bond donors (Lipinski definition) is 0. The summed E-state index contributed by atoms with van der Waals surface area (Å²) in [6.07, 6.45) is 4.97. The largest absolute Gasteiger partial charge is 0.490 e. The van der Waals surface area contributed by atoms with Crippen molar-refractivity contribution >= 4 is 0 Å². The van der Waals surface area contributed by atoms with Gasteiger partial charge in [0, 0.05) is 0 Å². The van der Waals surface area contributed by atoms with Gasteiger partial charge in [-0.1, -0.05) is 45.9 Å². The van der Waals surface area contributed by atoms with E-state index in [1.54, 1.807) is 0 Å². The van der Waals surface area contributed by atoms with Gasteiger partial charge in [-0.3, -0.25) is 0 Å². The van der Waals surface area contributed by atoms with Crippen LogP contribution < -0.4 is 4.74 Å². The van der Waals surface area contributed by atoms with Crippen molar-refractivity contribution in [2.24, 2.45) is 0 Å². The van der Waals surface area contributed by atoms with E-state index in [0.717, 1.165) is 18.6 Å². The Morgan fingerprint density at radius 2 is 1.88 bits per heavy atom. The van der Waals surface area contributed by atoms with Crippen molar-refractivity contribution in [1.82, 2.24) is 0 Å². The molecule has 1 atom stereocenters. The molecular formula is C15H26O. The maximum absolute atomic E-state index is 5.89. The first-order valence-electron chi connectivity index (χ1n) is 6.02. The van der Waals surface area contributed by atoms with Crippen molar-refractivity contribution in [3.05, 3.63) is 29.8 Å². The number of unbranched alkanes of at least 4 members (excludes halogenated alkanes) is 1. The lowest BCUT2D eigenvalue weighted by Crippen LogP contribution is -2.11. The number of ether oxygens (including phenoxy) is 1. The van der Waals surface area contributed by atoms with Crippen molar-refractivity contribution in [3.63, 3.8) is 0 Å². The fraction of sp³-hybridized carbons (Fsp3) is 0.600. The Labute approximate surface area is 101 Å². The zero-order valence-corrected chi connectivity index (χ0v) is 10.1. The topological polar surface area (TPSA) is 9.23 Å². The number of para-hydroxylation sites is 1. The molecule has 0 aromatic heterocycles. The highest BCUT2D eigenvalue weighted by Gasteiger charge is 2.05. The minimum atomic E-state index is 0. The predicted octanol–water partition coefficient (Wildman–Crippen LogP) is 4.84. The third-order valence-corrected chi connectivity index (χ3v) is 2.68. The van der Waals surface area contributed by atoms with Crippen LogP contribution in [0.2, 0.25) is 0 Å². The summed E-state index contributed by atoms with van der Waals surface area (Å²) in [5.74, 6) is 1.07. The number of rotatable bonds is 6. The normalized spacial score (nSPS) is 11.7. The number of hydrogen-bond acceptors (Lipinski definition) is 1. The van der Waals surface area contributed by atoms with Gasteiger partial charge < -0.3 is 4.74 Å². The van der Waals surface area contributed by atoms with Crippen LogP contribution >= 0.6 is 0 Å². The van der Waals surface area contributed by atoms with Gasteiger partial charge in [-0.05, 0) is 37.8 Å². The molecule has 0 N–H and O–H groups in total. The van der Waals surface area contributed by atoms with Crippen LogP contribution in [0.3, 0.4) is 0 Å². The Morgan fingerprint density at radius 3 is 2.50 bits per heavy atom. The third kappa shape index (κ3) is 4.69. The van der Waals surface area contributed by atoms with E-state index in [-0.39, 0.29) is 7.43 Å². The predicted molar refractivity (Wildman–Crippen MR) is 72.2 cm³/mol. The van der Waals surface area contributed by atoms with Gasteiger partial charge in [0.15, 0.2) is 0 Å². The molecule has 0 aliphatic carbocycles. The molecule has 1 nitrogen and oxygen atoms in total. The van der Waals surface area contributed by atoms with Crippen molar-refractivity contribution in [2.45, 2.75) is 60.0 Å². The van der Waals surface area contributed by atoms with Crippen LogP contribution in [0, 0.1) is 0 Å². The van der Waals surface area contributed by atoms with Crippen LogP contribution in [0.4, 0.5) is 0 Å². The number of benzene rings is 1. The molecule has 92 valence electrons. The second-order valence-corrected chi connectivity index (χ2v) is 4.05. The molecule has 0 heterocycles. The summed E-state index contributed by atoms with van der Waals surface area (Å²) in [5.41, 5.74) is 1.35. The van der Waals surface area contributed by atoms with Crippen LogP contribution in [-0.2, 0) is 6.42 Å². The Hall–Kier alpha value is -0.980. The fourth-order valence-electron chi connectivity index (χ4n) is 1.49. The van der Waals surface area contributed by atoms with Gasteiger partial charge >= 0.3 is 0 Å². The van der Waals surface area contributed by atoms with Gasteiger partial charge in [0.1, 0.15) is 5.75 Å². The van der Waals surface area contributed by atoms with Crippen LogP contribution in [0.15, 0.2) is 24.3 Å². The molecule has 0 saturated heterocycles. The Kier molecular flexibility index (Phi) is 7.70. The summed E-state index contributed by atoms with van der Waals surface area (Å²) in [6.45, 7) is 6.49. The smallest absolute Gasteiger partial charge is 0.122 e. The molecule has 0 bridgehead atoms. The van der Waals surface area contributed by atoms with E-state index >= 15 is 0 Å². The third-order valence-electron chi connectivity index (χ3n) is 2.68. The monoisotopic (exact) mass is 222 g/mol. The molecule has 1 aromatic carbocycles. The molecule has 0 saturated carbocycles. The first kappa shape index (κ1) is 15.0. The molecule has 0 spiro atoms. The summed E-state index contributed by atoms with van der Waals surface area (Å²) >= 11 is 0. The van der Waals surface area contributed by atoms with E-state index in [2.05, 4.69) is 39.0 Å². The lowest BCUT2D eigenvalue weighted by molar-refractivity contribution is 0.215. The Morgan fingerprint density at radius 1 is 1.19 bits per heavy atom. The summed E-state index contributed by atoms with van der Waals surface area (Å²) in [7, 11) is 0. The second kappa shape index (κ2) is 8.20. The Bertz CT molecular complexity index is 281. The van der Waals surface area contributed by atoms with Gasteiger partial charge in [0.2, 0.25) is 0 Å². The Balaban J connectivity index is 0.00000225. The molecule has 1 aromatic rings. The van der Waals surface area contributed by atoms with Gasteiger partial charge in [-0.25, -0.2) is 0 Å². The standard InChI is InChI=1S/C14H22O.CH4/c1-4-6-9-13-10-7-8-11-14(13)15-12(3)5-2;/h7-8,10-12H,4-6,9H2,1-3H3;1H4/t12-;/m1./s1. The highest BCUT2D eigenvalue weighted by molar-refractivity contribution is 5.33. The molecule has 0 aliphatic rings. The van der Waals surface area contributed by atoms with Crippen LogP contribution in [0.25, 0.3) is 0 Å². The highest BCUT2D eigenvalue weighted by Crippen LogP contribution is 2.21. The van der Waals surface area contributed by atoms with Crippen molar-refractivity contribution in [3.8, 4) is 5.75 Å². The van der Waals surface area contributed by atoms with Crippen LogP contribution in [-0.4, -0.2) is 6.10 Å². The van der Waals surface area contributed by atoms with Crippen molar-refractivity contribution < 1.29 is 4.74 Å². The lowest BCUT2D eigenvalue weighted by atomic mass is 10.1. The van der Waals surface area contributed by atoms with Crippen LogP contribution in [0.1, 0.15) is 53.0 Å². The van der Waals surface area contributed by atoms with Gasteiger partial charge in [0.05, 0.1) is 6.10 Å². The zero-order chi connectivity index (χ0) is 11.1. The molecule has 0 unspecified atom stereocenters. The van der Waals surface area contributed by atoms with E-state index in [4.69, 9.17) is 4.74 Å². The first-order chi connectivity index (χ1) is 7.27. The maximum Gasteiger partial charge on any atom is 0.122 e. The van der Waals surface area contributed by atoms with Crippen molar-refractivity contribution in [1.29, 1.82) is 0 Å². The summed E-state index contributed by atoms with van der Waals surface area (Å²) in [5, 5.41) is 0. The molecule has 0 amide bonds. The summed E-state index contributed by atoms with van der Waals surface area (Å²) in [4.78, 5) is 0. The van der Waals surface area contributed by atoms with Gasteiger partial charge in [-0.2, -0.15) is 0 Å². The lowest BCUT2D eigenvalue weighted by Gasteiger charge is -2.15. The van der Waals surface area contributed by atoms with Crippen LogP contribution in [0.5, 0.6) is 5.75 Å². The molecular weight excluding hydrogens is 196 g/mol. The molecule has 0 aliphatic heterocycles. The first-order valence-corrected chi connectivity index (χ1v) is 6.02. The maximum atomic E-state index is 5.89.